The van der Waals surface area contributed by atoms with E-state index in [4.69, 9.17) is 0 Å². The molecule has 0 aliphatic rings. The Morgan fingerprint density at radius 1 is 0.593 bits per heavy atom. The van der Waals surface area contributed by atoms with Crippen molar-refractivity contribution in [3.8, 4) is 0 Å². The zero-order valence-corrected chi connectivity index (χ0v) is 17.3. The van der Waals surface area contributed by atoms with Crippen molar-refractivity contribution < 1.29 is 0 Å². The van der Waals surface area contributed by atoms with Gasteiger partial charge in [0.25, 0.3) is 0 Å². The minimum Gasteiger partial charge on any atom is -0.314 e. The Hall–Kier alpha value is -1.64. The van der Waals surface area contributed by atoms with Crippen molar-refractivity contribution in [1.82, 2.24) is 10.6 Å². The fraction of sp³-hybridized carbons (Fsp3) is 0.520. The fourth-order valence-electron chi connectivity index (χ4n) is 3.50. The lowest BCUT2D eigenvalue weighted by Crippen LogP contribution is -2.28. The fourth-order valence-corrected chi connectivity index (χ4v) is 3.50. The van der Waals surface area contributed by atoms with Gasteiger partial charge in [0, 0.05) is 12.1 Å². The van der Waals surface area contributed by atoms with E-state index >= 15 is 0 Å². The first-order valence-corrected chi connectivity index (χ1v) is 10.8. The zero-order valence-electron chi connectivity index (χ0n) is 17.3. The monoisotopic (exact) mass is 366 g/mol. The van der Waals surface area contributed by atoms with Crippen LogP contribution >= 0.6 is 0 Å². The van der Waals surface area contributed by atoms with Gasteiger partial charge in [0.05, 0.1) is 0 Å². The van der Waals surface area contributed by atoms with Crippen LogP contribution in [0.25, 0.3) is 0 Å². The Balaban J connectivity index is 1.41. The summed E-state index contributed by atoms with van der Waals surface area (Å²) in [7, 11) is 0. The van der Waals surface area contributed by atoms with Crippen LogP contribution in [0.4, 0.5) is 0 Å². The molecule has 2 aromatic carbocycles. The van der Waals surface area contributed by atoms with E-state index in [2.05, 4.69) is 85.1 Å². The predicted octanol–water partition coefficient (Wildman–Crippen LogP) is 5.38. The molecule has 0 radical (unpaired) electrons. The smallest absolute Gasteiger partial charge is 0.00388 e. The Morgan fingerprint density at radius 2 is 1.00 bits per heavy atom. The molecule has 0 fully saturated rings. The highest BCUT2D eigenvalue weighted by Gasteiger charge is 2.04. The number of benzene rings is 2. The summed E-state index contributed by atoms with van der Waals surface area (Å²) in [6.45, 7) is 6.79. The highest BCUT2D eigenvalue weighted by molar-refractivity contribution is 5.15. The summed E-state index contributed by atoms with van der Waals surface area (Å²) in [4.78, 5) is 0. The van der Waals surface area contributed by atoms with Gasteiger partial charge in [-0.2, -0.15) is 0 Å². The van der Waals surface area contributed by atoms with E-state index in [0.29, 0.717) is 12.1 Å². The Bertz CT molecular complexity index is 528. The van der Waals surface area contributed by atoms with Crippen LogP contribution in [-0.4, -0.2) is 25.2 Å². The van der Waals surface area contributed by atoms with Crippen molar-refractivity contribution in [2.45, 2.75) is 70.9 Å². The minimum atomic E-state index is 0.620. The van der Waals surface area contributed by atoms with E-state index in [1.54, 1.807) is 0 Å². The number of rotatable bonds is 14. The van der Waals surface area contributed by atoms with Crippen LogP contribution < -0.4 is 10.6 Å². The van der Waals surface area contributed by atoms with Gasteiger partial charge >= 0.3 is 0 Å². The molecule has 0 amide bonds. The minimum absolute atomic E-state index is 0.620. The van der Waals surface area contributed by atoms with E-state index in [9.17, 15) is 0 Å². The van der Waals surface area contributed by atoms with Crippen LogP contribution in [0.5, 0.6) is 0 Å². The Morgan fingerprint density at radius 3 is 1.41 bits per heavy atom. The van der Waals surface area contributed by atoms with E-state index in [-0.39, 0.29) is 0 Å². The second kappa shape index (κ2) is 13.5. The third-order valence-electron chi connectivity index (χ3n) is 5.27. The molecule has 0 saturated carbocycles. The molecule has 2 atom stereocenters. The molecule has 0 unspecified atom stereocenters. The molecule has 0 saturated heterocycles. The van der Waals surface area contributed by atoms with Gasteiger partial charge in [-0.1, -0.05) is 79.9 Å². The highest BCUT2D eigenvalue weighted by Crippen LogP contribution is 2.08. The number of hydrogen-bond donors (Lipinski definition) is 2. The SMILES string of the molecule is C[C@H](CCCCC[C@@H](C)NCCc1ccccc1)NCCc1ccccc1. The zero-order chi connectivity index (χ0) is 19.2. The number of unbranched alkanes of at least 4 members (excludes halogenated alkanes) is 2. The maximum Gasteiger partial charge on any atom is 0.00388 e. The van der Waals surface area contributed by atoms with Crippen LogP contribution in [0, 0.1) is 0 Å². The molecule has 2 heteroatoms. The van der Waals surface area contributed by atoms with Crippen molar-refractivity contribution in [3.05, 3.63) is 71.8 Å². The molecule has 2 nitrogen and oxygen atoms in total. The van der Waals surface area contributed by atoms with Crippen LogP contribution in [0.3, 0.4) is 0 Å². The van der Waals surface area contributed by atoms with Crippen molar-refractivity contribution >= 4 is 0 Å². The van der Waals surface area contributed by atoms with E-state index in [1.165, 1.54) is 43.2 Å². The molecular weight excluding hydrogens is 328 g/mol. The first-order chi connectivity index (χ1) is 13.2. The van der Waals surface area contributed by atoms with Gasteiger partial charge < -0.3 is 10.6 Å². The molecule has 2 rings (SSSR count). The molecular formula is C25H38N2. The molecule has 0 bridgehead atoms. The topological polar surface area (TPSA) is 24.1 Å². The molecule has 0 spiro atoms. The average Bonchev–Trinajstić information content (AvgIpc) is 2.69. The van der Waals surface area contributed by atoms with Gasteiger partial charge in [0.15, 0.2) is 0 Å². The molecule has 27 heavy (non-hydrogen) atoms. The van der Waals surface area contributed by atoms with Crippen molar-refractivity contribution in [2.75, 3.05) is 13.1 Å². The highest BCUT2D eigenvalue weighted by atomic mass is 14.9. The molecule has 148 valence electrons. The van der Waals surface area contributed by atoms with Crippen molar-refractivity contribution in [3.63, 3.8) is 0 Å². The molecule has 0 aliphatic heterocycles. The molecule has 2 aromatic rings. The Labute approximate surface area is 166 Å². The number of nitrogens with one attached hydrogen (secondary N) is 2. The molecule has 0 aliphatic carbocycles. The maximum atomic E-state index is 3.66. The first kappa shape index (κ1) is 21.7. The van der Waals surface area contributed by atoms with Gasteiger partial charge in [-0.25, -0.2) is 0 Å². The summed E-state index contributed by atoms with van der Waals surface area (Å²) in [6, 6.07) is 22.7. The summed E-state index contributed by atoms with van der Waals surface area (Å²) >= 11 is 0. The third kappa shape index (κ3) is 10.3. The van der Waals surface area contributed by atoms with Crippen LogP contribution in [0.1, 0.15) is 57.1 Å². The van der Waals surface area contributed by atoms with Gasteiger partial charge in [-0.05, 0) is 63.7 Å². The van der Waals surface area contributed by atoms with Crippen LogP contribution in [-0.2, 0) is 12.8 Å². The lowest BCUT2D eigenvalue weighted by molar-refractivity contribution is 0.457. The van der Waals surface area contributed by atoms with Crippen LogP contribution in [0.2, 0.25) is 0 Å². The standard InChI is InChI=1S/C25H38N2/c1-22(26-20-18-24-14-8-4-9-15-24)12-6-3-7-13-23(2)27-21-19-25-16-10-5-11-17-25/h4-5,8-11,14-17,22-23,26-27H,3,6-7,12-13,18-21H2,1-2H3/t22-,23-/m1/s1. The Kier molecular flexibility index (Phi) is 10.8. The first-order valence-electron chi connectivity index (χ1n) is 10.8. The van der Waals surface area contributed by atoms with Gasteiger partial charge in [-0.3, -0.25) is 0 Å². The van der Waals surface area contributed by atoms with Crippen molar-refractivity contribution in [1.29, 1.82) is 0 Å². The summed E-state index contributed by atoms with van der Waals surface area (Å²) in [5.41, 5.74) is 2.84. The van der Waals surface area contributed by atoms with Gasteiger partial charge in [0.2, 0.25) is 0 Å². The van der Waals surface area contributed by atoms with Gasteiger partial charge in [0.1, 0.15) is 0 Å². The van der Waals surface area contributed by atoms with E-state index < -0.39 is 0 Å². The lowest BCUT2D eigenvalue weighted by Gasteiger charge is -2.15. The average molecular weight is 367 g/mol. The second-order valence-corrected chi connectivity index (χ2v) is 7.82. The summed E-state index contributed by atoms with van der Waals surface area (Å²) in [5, 5.41) is 7.32. The maximum absolute atomic E-state index is 3.66. The van der Waals surface area contributed by atoms with E-state index in [0.717, 1.165) is 25.9 Å². The van der Waals surface area contributed by atoms with Gasteiger partial charge in [-0.15, -0.1) is 0 Å². The summed E-state index contributed by atoms with van der Waals surface area (Å²) < 4.78 is 0. The van der Waals surface area contributed by atoms with Crippen molar-refractivity contribution in [2.24, 2.45) is 0 Å². The quantitative estimate of drug-likeness (QED) is 0.439. The molecule has 0 heterocycles. The molecule has 0 aromatic heterocycles. The lowest BCUT2D eigenvalue weighted by atomic mass is 10.1. The third-order valence-corrected chi connectivity index (χ3v) is 5.27. The normalized spacial score (nSPS) is 13.4. The largest absolute Gasteiger partial charge is 0.314 e. The summed E-state index contributed by atoms with van der Waals surface area (Å²) in [5.74, 6) is 0. The predicted molar refractivity (Wildman–Crippen MR) is 118 cm³/mol. The van der Waals surface area contributed by atoms with Crippen LogP contribution in [0.15, 0.2) is 60.7 Å². The second-order valence-electron chi connectivity index (χ2n) is 7.82. The van der Waals surface area contributed by atoms with E-state index in [1.807, 2.05) is 0 Å². The molecule has 2 N–H and O–H groups in total. The number of hydrogen-bond acceptors (Lipinski definition) is 2. The summed E-state index contributed by atoms with van der Waals surface area (Å²) in [6.07, 6.45) is 8.81.